The van der Waals surface area contributed by atoms with Crippen LogP contribution in [0.5, 0.6) is 0 Å². The van der Waals surface area contributed by atoms with E-state index in [0.29, 0.717) is 38.7 Å². The topological polar surface area (TPSA) is 100 Å². The van der Waals surface area contributed by atoms with Crippen LogP contribution in [0.3, 0.4) is 0 Å². The first-order chi connectivity index (χ1) is 16.4. The van der Waals surface area contributed by atoms with E-state index in [2.05, 4.69) is 37.6 Å². The van der Waals surface area contributed by atoms with Gasteiger partial charge in [0, 0.05) is 38.6 Å². The van der Waals surface area contributed by atoms with Crippen LogP contribution in [0.1, 0.15) is 49.4 Å². The molecule has 2 N–H and O–H groups in total. The number of alkyl halides is 2. The van der Waals surface area contributed by atoms with Crippen molar-refractivity contribution in [2.75, 3.05) is 57.0 Å². The standard InChI is InChI=1S/C22H32F2N8O2/c1-15-18(14-32(29-15)16-6-10-30(2)13-16)27-21-26-12-17(19(23)24)20(28-21)25-7-5-9-31-8-3-4-11-34-22(31)33/h12,14,16,19H,3-11,13H2,1-2H3,(H2,25,26,27,28). The van der Waals surface area contributed by atoms with E-state index in [1.807, 2.05) is 17.8 Å². The van der Waals surface area contributed by atoms with Crippen molar-refractivity contribution in [3.8, 4) is 0 Å². The Morgan fingerprint density at radius 1 is 1.29 bits per heavy atom. The molecule has 34 heavy (non-hydrogen) atoms. The summed E-state index contributed by atoms with van der Waals surface area (Å²) in [7, 11) is 2.09. The molecule has 2 aliphatic rings. The first kappa shape index (κ1) is 24.1. The number of carbonyl (C=O) groups excluding carboxylic acids is 1. The van der Waals surface area contributed by atoms with E-state index in [1.165, 1.54) is 0 Å². The molecule has 12 heteroatoms. The lowest BCUT2D eigenvalue weighted by Crippen LogP contribution is -2.32. The van der Waals surface area contributed by atoms with Gasteiger partial charge in [0.25, 0.3) is 6.43 Å². The van der Waals surface area contributed by atoms with E-state index in [-0.39, 0.29) is 23.4 Å². The number of anilines is 3. The monoisotopic (exact) mass is 478 g/mol. The van der Waals surface area contributed by atoms with Crippen LogP contribution < -0.4 is 10.6 Å². The Hall–Kier alpha value is -3.02. The highest BCUT2D eigenvalue weighted by molar-refractivity contribution is 5.67. The lowest BCUT2D eigenvalue weighted by atomic mass is 10.3. The summed E-state index contributed by atoms with van der Waals surface area (Å²) in [6.45, 7) is 5.80. The number of aromatic nitrogens is 4. The zero-order chi connectivity index (χ0) is 24.1. The summed E-state index contributed by atoms with van der Waals surface area (Å²) in [5.41, 5.74) is 1.26. The first-order valence-corrected chi connectivity index (χ1v) is 11.7. The molecule has 1 unspecified atom stereocenters. The second-order valence-corrected chi connectivity index (χ2v) is 8.83. The Bertz CT molecular complexity index is 986. The zero-order valence-electron chi connectivity index (χ0n) is 19.6. The maximum Gasteiger partial charge on any atom is 0.409 e. The first-order valence-electron chi connectivity index (χ1n) is 11.7. The molecule has 1 atom stereocenters. The smallest absolute Gasteiger partial charge is 0.409 e. The number of halogens is 2. The summed E-state index contributed by atoms with van der Waals surface area (Å²) >= 11 is 0. The van der Waals surface area contributed by atoms with Crippen molar-refractivity contribution in [1.29, 1.82) is 0 Å². The number of ether oxygens (including phenoxy) is 1. The third-order valence-electron chi connectivity index (χ3n) is 6.16. The SMILES string of the molecule is Cc1nn(C2CCN(C)C2)cc1Nc1ncc(C(F)F)c(NCCCN2CCCCOC2=O)n1. The molecule has 2 saturated heterocycles. The van der Waals surface area contributed by atoms with Crippen LogP contribution in [0.15, 0.2) is 12.4 Å². The van der Waals surface area contributed by atoms with Gasteiger partial charge in [0.15, 0.2) is 0 Å². The average molecular weight is 479 g/mol. The molecule has 0 spiro atoms. The Balaban J connectivity index is 1.39. The highest BCUT2D eigenvalue weighted by Crippen LogP contribution is 2.28. The number of carbonyl (C=O) groups is 1. The number of rotatable bonds is 9. The van der Waals surface area contributed by atoms with Gasteiger partial charge in [-0.1, -0.05) is 0 Å². The predicted molar refractivity (Wildman–Crippen MR) is 124 cm³/mol. The molecular weight excluding hydrogens is 446 g/mol. The zero-order valence-corrected chi connectivity index (χ0v) is 19.6. The van der Waals surface area contributed by atoms with Crippen molar-refractivity contribution in [1.82, 2.24) is 29.5 Å². The fraction of sp³-hybridized carbons (Fsp3) is 0.636. The average Bonchev–Trinajstić information content (AvgIpc) is 3.33. The van der Waals surface area contributed by atoms with Gasteiger partial charge < -0.3 is 25.2 Å². The van der Waals surface area contributed by atoms with E-state index in [4.69, 9.17) is 4.74 Å². The van der Waals surface area contributed by atoms with E-state index < -0.39 is 6.43 Å². The number of amides is 1. The summed E-state index contributed by atoms with van der Waals surface area (Å²) in [6.07, 6.45) is 3.37. The molecule has 0 aromatic carbocycles. The van der Waals surface area contributed by atoms with Crippen molar-refractivity contribution in [2.45, 2.75) is 45.1 Å². The van der Waals surface area contributed by atoms with Gasteiger partial charge in [0.1, 0.15) is 5.82 Å². The molecule has 0 aliphatic carbocycles. The van der Waals surface area contributed by atoms with Crippen LogP contribution in [-0.4, -0.2) is 82.0 Å². The van der Waals surface area contributed by atoms with Crippen LogP contribution in [0.4, 0.5) is 31.0 Å². The molecule has 4 heterocycles. The second-order valence-electron chi connectivity index (χ2n) is 8.83. The number of hydrogen-bond donors (Lipinski definition) is 2. The molecular formula is C22H32F2N8O2. The third-order valence-corrected chi connectivity index (χ3v) is 6.16. The van der Waals surface area contributed by atoms with Crippen LogP contribution in [0, 0.1) is 6.92 Å². The molecule has 186 valence electrons. The van der Waals surface area contributed by atoms with Crippen molar-refractivity contribution in [3.05, 3.63) is 23.7 Å². The minimum absolute atomic E-state index is 0.0772. The molecule has 1 amide bonds. The molecule has 0 radical (unpaired) electrons. The summed E-state index contributed by atoms with van der Waals surface area (Å²) in [6, 6.07) is 0.306. The van der Waals surface area contributed by atoms with Crippen LogP contribution >= 0.6 is 0 Å². The number of nitrogens with one attached hydrogen (secondary N) is 2. The minimum atomic E-state index is -2.71. The van der Waals surface area contributed by atoms with Crippen molar-refractivity contribution < 1.29 is 18.3 Å². The Morgan fingerprint density at radius 2 is 2.15 bits per heavy atom. The van der Waals surface area contributed by atoms with Gasteiger partial charge in [-0.25, -0.2) is 18.6 Å². The van der Waals surface area contributed by atoms with Gasteiger partial charge in [-0.05, 0) is 46.2 Å². The third kappa shape index (κ3) is 5.91. The fourth-order valence-corrected chi connectivity index (χ4v) is 4.22. The van der Waals surface area contributed by atoms with E-state index in [9.17, 15) is 13.6 Å². The Kier molecular flexibility index (Phi) is 7.76. The Labute approximate surface area is 197 Å². The number of nitrogens with zero attached hydrogens (tertiary/aromatic N) is 6. The predicted octanol–water partition coefficient (Wildman–Crippen LogP) is 3.57. The van der Waals surface area contributed by atoms with E-state index in [0.717, 1.165) is 49.9 Å². The number of likely N-dealkylation sites (N-methyl/N-ethyl adjacent to an activating group) is 1. The summed E-state index contributed by atoms with van der Waals surface area (Å²) in [5, 5.41) is 10.7. The molecule has 0 saturated carbocycles. The molecule has 2 aromatic heterocycles. The molecule has 4 rings (SSSR count). The van der Waals surface area contributed by atoms with Gasteiger partial charge in [0.05, 0.1) is 29.6 Å². The molecule has 0 bridgehead atoms. The largest absolute Gasteiger partial charge is 0.449 e. The number of hydrogen-bond acceptors (Lipinski definition) is 8. The Morgan fingerprint density at radius 3 is 2.91 bits per heavy atom. The minimum Gasteiger partial charge on any atom is -0.449 e. The number of likely N-dealkylation sites (tertiary alicyclic amines) is 1. The van der Waals surface area contributed by atoms with Crippen LogP contribution in [0.2, 0.25) is 0 Å². The number of cyclic esters (lactones) is 1. The van der Waals surface area contributed by atoms with Crippen LogP contribution in [0.25, 0.3) is 0 Å². The van der Waals surface area contributed by atoms with Crippen molar-refractivity contribution >= 4 is 23.5 Å². The van der Waals surface area contributed by atoms with Crippen molar-refractivity contribution in [3.63, 3.8) is 0 Å². The van der Waals surface area contributed by atoms with Gasteiger partial charge in [0.2, 0.25) is 5.95 Å². The lowest BCUT2D eigenvalue weighted by Gasteiger charge is -2.19. The van der Waals surface area contributed by atoms with Gasteiger partial charge >= 0.3 is 6.09 Å². The highest BCUT2D eigenvalue weighted by atomic mass is 19.3. The second kappa shape index (κ2) is 10.9. The maximum atomic E-state index is 13.5. The highest BCUT2D eigenvalue weighted by Gasteiger charge is 2.23. The molecule has 2 aromatic rings. The normalized spacial score (nSPS) is 19.4. The van der Waals surface area contributed by atoms with Gasteiger partial charge in [-0.15, -0.1) is 0 Å². The van der Waals surface area contributed by atoms with Gasteiger partial charge in [-0.3, -0.25) is 4.68 Å². The van der Waals surface area contributed by atoms with E-state index in [1.54, 1.807) is 4.90 Å². The maximum absolute atomic E-state index is 13.5. The summed E-state index contributed by atoms with van der Waals surface area (Å²) in [4.78, 5) is 24.2. The van der Waals surface area contributed by atoms with Gasteiger partial charge in [-0.2, -0.15) is 10.1 Å². The number of aryl methyl sites for hydroxylation is 1. The fourth-order valence-electron chi connectivity index (χ4n) is 4.22. The van der Waals surface area contributed by atoms with Crippen molar-refractivity contribution in [2.24, 2.45) is 0 Å². The molecule has 2 fully saturated rings. The molecule has 10 nitrogen and oxygen atoms in total. The summed E-state index contributed by atoms with van der Waals surface area (Å²) < 4.78 is 34.1. The quantitative estimate of drug-likeness (QED) is 0.528. The van der Waals surface area contributed by atoms with E-state index >= 15 is 0 Å². The lowest BCUT2D eigenvalue weighted by molar-refractivity contribution is 0.116. The molecule has 2 aliphatic heterocycles. The van der Waals surface area contributed by atoms with Crippen LogP contribution in [-0.2, 0) is 4.74 Å². The summed E-state index contributed by atoms with van der Waals surface area (Å²) in [5.74, 6) is 0.294.